The average Bonchev–Trinajstić information content (AvgIpc) is 2.01. The normalized spacial score (nSPS) is 12.6. The molecule has 1 aromatic rings. The summed E-state index contributed by atoms with van der Waals surface area (Å²) < 4.78 is 25.7. The maximum Gasteiger partial charge on any atom is 0.168 e. The minimum Gasteiger partial charge on any atom is -0.356 e. The molecule has 1 rings (SSSR count). The fraction of sp³-hybridized carbons (Fsp3) is 0.444. The zero-order chi connectivity index (χ0) is 10.7. The van der Waals surface area contributed by atoms with Crippen LogP contribution in [-0.2, 0) is 0 Å². The maximum absolute atomic E-state index is 13.2. The number of alkyl halides is 1. The Bertz CT molecular complexity index is 318. The second kappa shape index (κ2) is 4.55. The Hall–Kier alpha value is -0.900. The largest absolute Gasteiger partial charge is 0.356 e. The minimum absolute atomic E-state index is 0.110. The van der Waals surface area contributed by atoms with Crippen molar-refractivity contribution in [2.45, 2.75) is 12.3 Å². The van der Waals surface area contributed by atoms with Crippen molar-refractivity contribution in [2.24, 2.45) is 0 Å². The van der Waals surface area contributed by atoms with Gasteiger partial charge in [-0.25, -0.2) is 13.8 Å². The molecule has 0 amide bonds. The van der Waals surface area contributed by atoms with Gasteiger partial charge >= 0.3 is 0 Å². The molecular formula is C9H11ClF2N2. The van der Waals surface area contributed by atoms with Crippen molar-refractivity contribution in [3.05, 3.63) is 23.9 Å². The fourth-order valence-corrected chi connectivity index (χ4v) is 1.36. The highest BCUT2D eigenvalue weighted by Gasteiger charge is 2.11. The Kier molecular flexibility index (Phi) is 3.63. The monoisotopic (exact) mass is 220 g/mol. The van der Waals surface area contributed by atoms with E-state index in [0.717, 1.165) is 12.3 Å². The Morgan fingerprint density at radius 2 is 2.21 bits per heavy atom. The van der Waals surface area contributed by atoms with Gasteiger partial charge in [0, 0.05) is 25.0 Å². The number of aromatic nitrogens is 1. The molecule has 1 heterocycles. The topological polar surface area (TPSA) is 16.1 Å². The first kappa shape index (κ1) is 11.2. The maximum atomic E-state index is 13.2. The summed E-state index contributed by atoms with van der Waals surface area (Å²) >= 11 is 5.74. The van der Waals surface area contributed by atoms with Crippen LogP contribution in [0.5, 0.6) is 0 Å². The Morgan fingerprint density at radius 3 is 2.71 bits per heavy atom. The van der Waals surface area contributed by atoms with Gasteiger partial charge in [-0.15, -0.1) is 11.6 Å². The van der Waals surface area contributed by atoms with Gasteiger partial charge in [0.05, 0.1) is 6.20 Å². The number of halogens is 3. The number of hydrogen-bond donors (Lipinski definition) is 0. The third-order valence-electron chi connectivity index (χ3n) is 1.68. The highest BCUT2D eigenvalue weighted by Crippen LogP contribution is 2.15. The predicted molar refractivity (Wildman–Crippen MR) is 52.7 cm³/mol. The van der Waals surface area contributed by atoms with E-state index < -0.39 is 11.6 Å². The lowest BCUT2D eigenvalue weighted by atomic mass is 10.3. The van der Waals surface area contributed by atoms with E-state index in [1.165, 1.54) is 0 Å². The van der Waals surface area contributed by atoms with Gasteiger partial charge in [0.1, 0.15) is 5.82 Å². The van der Waals surface area contributed by atoms with E-state index in [1.807, 2.05) is 0 Å². The molecule has 78 valence electrons. The van der Waals surface area contributed by atoms with Crippen LogP contribution >= 0.6 is 11.6 Å². The fourth-order valence-electron chi connectivity index (χ4n) is 1.15. The standard InChI is InChI=1S/C9H11ClF2N2/c1-6(10)5-14(2)9-8(12)3-7(11)4-13-9/h3-4,6H,5H2,1-2H3. The van der Waals surface area contributed by atoms with Gasteiger partial charge in [-0.1, -0.05) is 0 Å². The van der Waals surface area contributed by atoms with Gasteiger partial charge < -0.3 is 4.90 Å². The first-order chi connectivity index (χ1) is 6.50. The summed E-state index contributed by atoms with van der Waals surface area (Å²) in [5, 5.41) is -0.119. The Labute approximate surface area is 86.5 Å². The SMILES string of the molecule is CC(Cl)CN(C)c1ncc(F)cc1F. The molecule has 0 fully saturated rings. The molecule has 1 unspecified atom stereocenters. The molecule has 0 aliphatic rings. The van der Waals surface area contributed by atoms with E-state index >= 15 is 0 Å². The van der Waals surface area contributed by atoms with E-state index in [0.29, 0.717) is 6.54 Å². The molecule has 0 N–H and O–H groups in total. The lowest BCUT2D eigenvalue weighted by Crippen LogP contribution is -2.26. The molecule has 5 heteroatoms. The van der Waals surface area contributed by atoms with Crippen molar-refractivity contribution in [1.29, 1.82) is 0 Å². The van der Waals surface area contributed by atoms with Gasteiger partial charge in [-0.05, 0) is 6.92 Å². The van der Waals surface area contributed by atoms with Crippen LogP contribution in [0.4, 0.5) is 14.6 Å². The molecular weight excluding hydrogens is 210 g/mol. The van der Waals surface area contributed by atoms with E-state index in [1.54, 1.807) is 18.9 Å². The Balaban J connectivity index is 2.84. The minimum atomic E-state index is -0.682. The smallest absolute Gasteiger partial charge is 0.168 e. The molecule has 0 saturated heterocycles. The number of nitrogens with zero attached hydrogens (tertiary/aromatic N) is 2. The van der Waals surface area contributed by atoms with Crippen molar-refractivity contribution in [1.82, 2.24) is 4.98 Å². The van der Waals surface area contributed by atoms with Gasteiger partial charge in [-0.2, -0.15) is 0 Å². The molecule has 0 radical (unpaired) electrons. The van der Waals surface area contributed by atoms with E-state index in [2.05, 4.69) is 4.98 Å². The second-order valence-electron chi connectivity index (χ2n) is 3.12. The lowest BCUT2D eigenvalue weighted by molar-refractivity contribution is 0.570. The van der Waals surface area contributed by atoms with E-state index in [-0.39, 0.29) is 11.2 Å². The van der Waals surface area contributed by atoms with Crippen molar-refractivity contribution >= 4 is 17.4 Å². The third-order valence-corrected chi connectivity index (χ3v) is 1.81. The number of rotatable bonds is 3. The molecule has 0 aromatic carbocycles. The molecule has 0 saturated carbocycles. The number of anilines is 1. The summed E-state index contributed by atoms with van der Waals surface area (Å²) in [7, 11) is 1.65. The van der Waals surface area contributed by atoms with E-state index in [9.17, 15) is 8.78 Å². The summed E-state index contributed by atoms with van der Waals surface area (Å²) in [6.45, 7) is 2.25. The molecule has 2 nitrogen and oxygen atoms in total. The van der Waals surface area contributed by atoms with Crippen molar-refractivity contribution in [2.75, 3.05) is 18.5 Å². The molecule has 0 aliphatic heterocycles. The average molecular weight is 221 g/mol. The zero-order valence-corrected chi connectivity index (χ0v) is 8.72. The van der Waals surface area contributed by atoms with E-state index in [4.69, 9.17) is 11.6 Å². The van der Waals surface area contributed by atoms with Gasteiger partial charge in [-0.3, -0.25) is 0 Å². The van der Waals surface area contributed by atoms with Crippen LogP contribution in [0.1, 0.15) is 6.92 Å². The van der Waals surface area contributed by atoms with Crippen molar-refractivity contribution < 1.29 is 8.78 Å². The molecule has 0 bridgehead atoms. The quantitative estimate of drug-likeness (QED) is 0.728. The highest BCUT2D eigenvalue weighted by molar-refractivity contribution is 6.20. The van der Waals surface area contributed by atoms with Crippen LogP contribution in [0.25, 0.3) is 0 Å². The van der Waals surface area contributed by atoms with Crippen molar-refractivity contribution in [3.63, 3.8) is 0 Å². The highest BCUT2D eigenvalue weighted by atomic mass is 35.5. The van der Waals surface area contributed by atoms with Crippen molar-refractivity contribution in [3.8, 4) is 0 Å². The van der Waals surface area contributed by atoms with Gasteiger partial charge in [0.25, 0.3) is 0 Å². The molecule has 1 aromatic heterocycles. The molecule has 1 atom stereocenters. The van der Waals surface area contributed by atoms with Crippen LogP contribution in [0, 0.1) is 11.6 Å². The van der Waals surface area contributed by atoms with Crippen LogP contribution in [0.3, 0.4) is 0 Å². The molecule has 0 aliphatic carbocycles. The Morgan fingerprint density at radius 1 is 1.57 bits per heavy atom. The summed E-state index contributed by atoms with van der Waals surface area (Å²) in [6, 6.07) is 0.803. The van der Waals surface area contributed by atoms with Gasteiger partial charge in [0.2, 0.25) is 0 Å². The predicted octanol–water partition coefficient (Wildman–Crippen LogP) is 2.42. The van der Waals surface area contributed by atoms with Gasteiger partial charge in [0.15, 0.2) is 11.6 Å². The summed E-state index contributed by atoms with van der Waals surface area (Å²) in [5.74, 6) is -1.25. The number of hydrogen-bond acceptors (Lipinski definition) is 2. The summed E-state index contributed by atoms with van der Waals surface area (Å²) in [4.78, 5) is 5.20. The lowest BCUT2D eigenvalue weighted by Gasteiger charge is -2.19. The second-order valence-corrected chi connectivity index (χ2v) is 3.87. The van der Waals surface area contributed by atoms with Crippen LogP contribution < -0.4 is 4.90 Å². The first-order valence-electron chi connectivity index (χ1n) is 4.17. The van der Waals surface area contributed by atoms with Crippen LogP contribution in [-0.4, -0.2) is 24.0 Å². The molecule has 0 spiro atoms. The zero-order valence-electron chi connectivity index (χ0n) is 7.97. The third kappa shape index (κ3) is 2.80. The van der Waals surface area contributed by atoms with Crippen LogP contribution in [0.15, 0.2) is 12.3 Å². The summed E-state index contributed by atoms with van der Waals surface area (Å²) in [5.41, 5.74) is 0. The van der Waals surface area contributed by atoms with Crippen LogP contribution in [0.2, 0.25) is 0 Å². The number of pyridine rings is 1. The first-order valence-corrected chi connectivity index (χ1v) is 4.60. The summed E-state index contributed by atoms with van der Waals surface area (Å²) in [6.07, 6.45) is 0.980. The molecule has 14 heavy (non-hydrogen) atoms.